The lowest BCUT2D eigenvalue weighted by atomic mass is 10.1. The van der Waals surface area contributed by atoms with E-state index in [1.165, 1.54) is 12.1 Å². The van der Waals surface area contributed by atoms with Gasteiger partial charge in [0.15, 0.2) is 0 Å². The van der Waals surface area contributed by atoms with Gasteiger partial charge in [0.25, 0.3) is 5.91 Å². The highest BCUT2D eigenvalue weighted by atomic mass is 19.1. The molecule has 2 aromatic rings. The molecule has 4 amide bonds. The monoisotopic (exact) mass is 369 g/mol. The Morgan fingerprint density at radius 3 is 2.48 bits per heavy atom. The molecule has 0 saturated carbocycles. The van der Waals surface area contributed by atoms with Crippen molar-refractivity contribution in [1.29, 1.82) is 0 Å². The minimum Gasteiger partial charge on any atom is -0.348 e. The van der Waals surface area contributed by atoms with Crippen molar-refractivity contribution >= 4 is 17.8 Å². The van der Waals surface area contributed by atoms with Crippen molar-refractivity contribution in [2.75, 3.05) is 6.54 Å². The highest BCUT2D eigenvalue weighted by Gasteiger charge is 2.38. The third-order valence-electron chi connectivity index (χ3n) is 4.44. The lowest BCUT2D eigenvalue weighted by Gasteiger charge is -2.17. The number of hydrogen-bond donors (Lipinski definition) is 2. The lowest BCUT2D eigenvalue weighted by Crippen LogP contribution is -2.42. The molecule has 140 valence electrons. The van der Waals surface area contributed by atoms with Gasteiger partial charge in [-0.1, -0.05) is 42.5 Å². The highest BCUT2D eigenvalue weighted by Crippen LogP contribution is 2.14. The molecule has 0 unspecified atom stereocenters. The number of rotatable bonds is 6. The molecule has 0 bridgehead atoms. The predicted octanol–water partition coefficient (Wildman–Crippen LogP) is 2.17. The second kappa shape index (κ2) is 7.99. The Kier molecular flexibility index (Phi) is 5.49. The van der Waals surface area contributed by atoms with Crippen molar-refractivity contribution in [3.8, 4) is 0 Å². The topological polar surface area (TPSA) is 78.5 Å². The zero-order valence-electron chi connectivity index (χ0n) is 14.8. The maximum absolute atomic E-state index is 13.0. The predicted molar refractivity (Wildman–Crippen MR) is 97.1 cm³/mol. The summed E-state index contributed by atoms with van der Waals surface area (Å²) in [6.45, 7) is 1.39. The summed E-state index contributed by atoms with van der Waals surface area (Å²) >= 11 is 0. The Hall–Kier alpha value is -3.22. The molecule has 0 aromatic heterocycles. The Morgan fingerprint density at radius 1 is 1.15 bits per heavy atom. The van der Waals surface area contributed by atoms with Crippen LogP contribution in [0.1, 0.15) is 24.1 Å². The number of amides is 4. The third-order valence-corrected chi connectivity index (χ3v) is 4.44. The Labute approximate surface area is 156 Å². The first-order valence-corrected chi connectivity index (χ1v) is 8.64. The molecule has 2 aromatic carbocycles. The molecule has 27 heavy (non-hydrogen) atoms. The van der Waals surface area contributed by atoms with E-state index in [2.05, 4.69) is 10.6 Å². The van der Waals surface area contributed by atoms with Crippen LogP contribution >= 0.6 is 0 Å². The van der Waals surface area contributed by atoms with E-state index in [1.54, 1.807) is 19.1 Å². The van der Waals surface area contributed by atoms with Crippen LogP contribution in [0, 0.1) is 5.82 Å². The quantitative estimate of drug-likeness (QED) is 0.766. The van der Waals surface area contributed by atoms with Gasteiger partial charge in [-0.2, -0.15) is 0 Å². The molecule has 3 rings (SSSR count). The van der Waals surface area contributed by atoms with Crippen LogP contribution in [0.15, 0.2) is 54.6 Å². The number of imide groups is 1. The van der Waals surface area contributed by atoms with E-state index in [4.69, 9.17) is 0 Å². The summed E-state index contributed by atoms with van der Waals surface area (Å²) in [5.74, 6) is -1.25. The van der Waals surface area contributed by atoms with E-state index in [1.807, 2.05) is 30.3 Å². The van der Waals surface area contributed by atoms with Gasteiger partial charge in [-0.25, -0.2) is 9.18 Å². The summed E-state index contributed by atoms with van der Waals surface area (Å²) in [6, 6.07) is 13.5. The van der Waals surface area contributed by atoms with Gasteiger partial charge in [0.05, 0.1) is 6.04 Å². The van der Waals surface area contributed by atoms with E-state index >= 15 is 0 Å². The Bertz CT molecular complexity index is 839. The SMILES string of the molecule is C[C@@H](NC(=O)CN1C(=O)N[C@H](Cc2ccccc2)C1=O)c1ccc(F)cc1. The average molecular weight is 369 g/mol. The molecule has 1 fully saturated rings. The van der Waals surface area contributed by atoms with Crippen LogP contribution in [0.2, 0.25) is 0 Å². The second-order valence-electron chi connectivity index (χ2n) is 6.46. The van der Waals surface area contributed by atoms with E-state index < -0.39 is 23.9 Å². The minimum atomic E-state index is -0.678. The number of nitrogens with one attached hydrogen (secondary N) is 2. The number of halogens is 1. The largest absolute Gasteiger partial charge is 0.348 e. The molecule has 0 aliphatic carbocycles. The van der Waals surface area contributed by atoms with Crippen molar-refractivity contribution in [3.05, 3.63) is 71.5 Å². The van der Waals surface area contributed by atoms with Crippen molar-refractivity contribution in [2.45, 2.75) is 25.4 Å². The molecule has 1 saturated heterocycles. The minimum absolute atomic E-state index is 0.360. The summed E-state index contributed by atoms with van der Waals surface area (Å²) in [6.07, 6.45) is 0.371. The summed E-state index contributed by atoms with van der Waals surface area (Å²) in [7, 11) is 0. The molecule has 2 atom stereocenters. The van der Waals surface area contributed by atoms with Crippen LogP contribution in [0.5, 0.6) is 0 Å². The number of hydrogen-bond acceptors (Lipinski definition) is 3. The Balaban J connectivity index is 1.58. The molecular formula is C20H20FN3O3. The van der Waals surface area contributed by atoms with Crippen LogP contribution in [0.4, 0.5) is 9.18 Å². The fraction of sp³-hybridized carbons (Fsp3) is 0.250. The summed E-state index contributed by atoms with van der Waals surface area (Å²) in [5.41, 5.74) is 1.65. The van der Waals surface area contributed by atoms with Crippen molar-refractivity contribution in [3.63, 3.8) is 0 Å². The smallest absolute Gasteiger partial charge is 0.325 e. The van der Waals surface area contributed by atoms with Gasteiger partial charge in [0.1, 0.15) is 18.4 Å². The first kappa shape index (κ1) is 18.6. The molecule has 1 aliphatic heterocycles. The van der Waals surface area contributed by atoms with Gasteiger partial charge in [-0.05, 0) is 30.2 Å². The van der Waals surface area contributed by atoms with Gasteiger partial charge in [-0.3, -0.25) is 14.5 Å². The molecule has 7 heteroatoms. The second-order valence-corrected chi connectivity index (χ2v) is 6.46. The first-order chi connectivity index (χ1) is 12.9. The fourth-order valence-electron chi connectivity index (χ4n) is 2.98. The van der Waals surface area contributed by atoms with Crippen LogP contribution in [-0.4, -0.2) is 35.3 Å². The van der Waals surface area contributed by atoms with Gasteiger partial charge in [0, 0.05) is 6.42 Å². The van der Waals surface area contributed by atoms with Crippen LogP contribution in [0.3, 0.4) is 0 Å². The molecule has 0 spiro atoms. The molecule has 2 N–H and O–H groups in total. The summed E-state index contributed by atoms with van der Waals surface area (Å²) < 4.78 is 13.0. The van der Waals surface area contributed by atoms with Crippen LogP contribution in [-0.2, 0) is 16.0 Å². The standard InChI is InChI=1S/C20H20FN3O3/c1-13(15-7-9-16(21)10-8-15)22-18(25)12-24-19(26)17(23-20(24)27)11-14-5-3-2-4-6-14/h2-10,13,17H,11-12H2,1H3,(H,22,25)(H,23,27)/t13-,17-/m1/s1. The zero-order chi connectivity index (χ0) is 19.4. The molecule has 6 nitrogen and oxygen atoms in total. The number of carbonyl (C=O) groups is 3. The van der Waals surface area contributed by atoms with Gasteiger partial charge < -0.3 is 10.6 Å². The number of carbonyl (C=O) groups excluding carboxylic acids is 3. The van der Waals surface area contributed by atoms with Gasteiger partial charge in [-0.15, -0.1) is 0 Å². The van der Waals surface area contributed by atoms with Crippen molar-refractivity contribution in [1.82, 2.24) is 15.5 Å². The van der Waals surface area contributed by atoms with E-state index in [9.17, 15) is 18.8 Å². The van der Waals surface area contributed by atoms with Crippen LogP contribution in [0.25, 0.3) is 0 Å². The van der Waals surface area contributed by atoms with Gasteiger partial charge in [0.2, 0.25) is 5.91 Å². The maximum atomic E-state index is 13.0. The highest BCUT2D eigenvalue weighted by molar-refractivity contribution is 6.06. The third kappa shape index (κ3) is 4.49. The van der Waals surface area contributed by atoms with Gasteiger partial charge >= 0.3 is 6.03 Å². The number of nitrogens with zero attached hydrogens (tertiary/aromatic N) is 1. The van der Waals surface area contributed by atoms with Crippen molar-refractivity contribution < 1.29 is 18.8 Å². The summed E-state index contributed by atoms with van der Waals surface area (Å²) in [5, 5.41) is 5.33. The average Bonchev–Trinajstić information content (AvgIpc) is 2.90. The fourth-order valence-corrected chi connectivity index (χ4v) is 2.98. The first-order valence-electron chi connectivity index (χ1n) is 8.64. The molecular weight excluding hydrogens is 349 g/mol. The van der Waals surface area contributed by atoms with E-state index in [0.29, 0.717) is 6.42 Å². The lowest BCUT2D eigenvalue weighted by molar-refractivity contribution is -0.132. The normalized spacial score (nSPS) is 17.6. The number of urea groups is 1. The van der Waals surface area contributed by atoms with E-state index in [-0.39, 0.29) is 18.4 Å². The zero-order valence-corrected chi connectivity index (χ0v) is 14.8. The number of benzene rings is 2. The van der Waals surface area contributed by atoms with Crippen LogP contribution < -0.4 is 10.6 Å². The van der Waals surface area contributed by atoms with Crippen molar-refractivity contribution in [2.24, 2.45) is 0 Å². The maximum Gasteiger partial charge on any atom is 0.325 e. The molecule has 1 aliphatic rings. The van der Waals surface area contributed by atoms with E-state index in [0.717, 1.165) is 16.0 Å². The Morgan fingerprint density at radius 2 is 1.81 bits per heavy atom. The molecule has 0 radical (unpaired) electrons. The molecule has 1 heterocycles. The summed E-state index contributed by atoms with van der Waals surface area (Å²) in [4.78, 5) is 37.7.